The van der Waals surface area contributed by atoms with Crippen molar-refractivity contribution in [2.75, 3.05) is 5.73 Å². The highest BCUT2D eigenvalue weighted by molar-refractivity contribution is 7.99. The third-order valence-corrected chi connectivity index (χ3v) is 3.15. The smallest absolute Gasteiger partial charge is 0.159 e. The second-order valence-corrected chi connectivity index (χ2v) is 4.65. The molecule has 5 heteroatoms. The first-order valence-electron chi connectivity index (χ1n) is 4.91. The highest BCUT2D eigenvalue weighted by Crippen LogP contribution is 2.31. The molecule has 0 spiro atoms. The maximum Gasteiger partial charge on any atom is 0.159 e. The van der Waals surface area contributed by atoms with Gasteiger partial charge < -0.3 is 5.73 Å². The average molecular weight is 252 g/mol. The van der Waals surface area contributed by atoms with Gasteiger partial charge in [0.2, 0.25) is 0 Å². The normalized spacial score (nSPS) is 10.5. The van der Waals surface area contributed by atoms with Crippen molar-refractivity contribution in [3.05, 3.63) is 47.7 Å². The molecule has 1 heterocycles. The number of hydrogen-bond acceptors (Lipinski definition) is 3. The molecule has 1 aromatic carbocycles. The van der Waals surface area contributed by atoms with E-state index in [1.165, 1.54) is 17.8 Å². The van der Waals surface area contributed by atoms with Gasteiger partial charge in [0.05, 0.1) is 5.69 Å². The minimum Gasteiger partial charge on any atom is -0.397 e. The Balaban J connectivity index is 2.28. The number of nitrogens with two attached hydrogens (primary N) is 1. The van der Waals surface area contributed by atoms with Gasteiger partial charge in [0.25, 0.3) is 0 Å². The van der Waals surface area contributed by atoms with Crippen molar-refractivity contribution in [3.8, 4) is 0 Å². The van der Waals surface area contributed by atoms with Gasteiger partial charge in [-0.15, -0.1) is 0 Å². The number of pyridine rings is 1. The quantitative estimate of drug-likeness (QED) is 0.890. The fourth-order valence-electron chi connectivity index (χ4n) is 1.32. The van der Waals surface area contributed by atoms with Crippen LogP contribution in [-0.4, -0.2) is 4.98 Å². The molecule has 0 saturated heterocycles. The molecule has 2 rings (SSSR count). The largest absolute Gasteiger partial charge is 0.397 e. The average Bonchev–Trinajstić information content (AvgIpc) is 2.27. The Kier molecular flexibility index (Phi) is 3.28. The first-order valence-corrected chi connectivity index (χ1v) is 5.73. The summed E-state index contributed by atoms with van der Waals surface area (Å²) in [6, 6.07) is 5.49. The lowest BCUT2D eigenvalue weighted by Crippen LogP contribution is -1.93. The van der Waals surface area contributed by atoms with E-state index in [2.05, 4.69) is 4.98 Å². The molecule has 2 nitrogen and oxygen atoms in total. The predicted octanol–water partition coefficient (Wildman–Crippen LogP) is 3.40. The lowest BCUT2D eigenvalue weighted by Gasteiger charge is -2.05. The lowest BCUT2D eigenvalue weighted by atomic mass is 10.3. The molecule has 0 unspecified atom stereocenters. The molecule has 0 amide bonds. The molecule has 0 fully saturated rings. The number of halogens is 2. The Hall–Kier alpha value is -1.62. The Bertz CT molecular complexity index is 558. The van der Waals surface area contributed by atoms with Crippen LogP contribution in [0.5, 0.6) is 0 Å². The van der Waals surface area contributed by atoms with Crippen LogP contribution >= 0.6 is 11.8 Å². The highest BCUT2D eigenvalue weighted by atomic mass is 32.2. The Morgan fingerprint density at radius 3 is 2.59 bits per heavy atom. The summed E-state index contributed by atoms with van der Waals surface area (Å²) in [6.07, 6.45) is 1.68. The molecule has 2 N–H and O–H groups in total. The summed E-state index contributed by atoms with van der Waals surface area (Å²) in [5.41, 5.74) is 7.27. The molecule has 0 bridgehead atoms. The third-order valence-electron chi connectivity index (χ3n) is 2.12. The van der Waals surface area contributed by atoms with Crippen LogP contribution < -0.4 is 5.73 Å². The van der Waals surface area contributed by atoms with Crippen LogP contribution in [0.15, 0.2) is 40.4 Å². The zero-order valence-electron chi connectivity index (χ0n) is 9.08. The second kappa shape index (κ2) is 4.71. The molecule has 0 aliphatic rings. The van der Waals surface area contributed by atoms with E-state index in [1.807, 2.05) is 6.92 Å². The fourth-order valence-corrected chi connectivity index (χ4v) is 2.12. The third kappa shape index (κ3) is 2.74. The van der Waals surface area contributed by atoms with Crippen molar-refractivity contribution in [1.29, 1.82) is 0 Å². The van der Waals surface area contributed by atoms with Crippen LogP contribution in [-0.2, 0) is 0 Å². The van der Waals surface area contributed by atoms with E-state index in [9.17, 15) is 8.78 Å². The Morgan fingerprint density at radius 2 is 1.94 bits per heavy atom. The lowest BCUT2D eigenvalue weighted by molar-refractivity contribution is 0.506. The van der Waals surface area contributed by atoms with E-state index in [0.717, 1.165) is 17.7 Å². The highest BCUT2D eigenvalue weighted by Gasteiger charge is 2.07. The second-order valence-electron chi connectivity index (χ2n) is 3.59. The monoisotopic (exact) mass is 252 g/mol. The summed E-state index contributed by atoms with van der Waals surface area (Å²) in [4.78, 5) is 4.71. The number of rotatable bonds is 2. The van der Waals surface area contributed by atoms with Gasteiger partial charge in [0, 0.05) is 11.1 Å². The summed E-state index contributed by atoms with van der Waals surface area (Å²) >= 11 is 1.20. The van der Waals surface area contributed by atoms with Crippen LogP contribution in [0.1, 0.15) is 5.56 Å². The number of aromatic nitrogens is 1. The zero-order valence-corrected chi connectivity index (χ0v) is 9.89. The molecule has 0 saturated carbocycles. The van der Waals surface area contributed by atoms with Crippen LogP contribution in [0.3, 0.4) is 0 Å². The summed E-state index contributed by atoms with van der Waals surface area (Å²) in [5.74, 6) is -1.74. The van der Waals surface area contributed by atoms with E-state index in [-0.39, 0.29) is 0 Å². The standard InChI is InChI=1S/C12H10F2N2S/c1-7-4-11(15)12(16-6-7)17-8-2-3-9(13)10(14)5-8/h2-6H,15H2,1H3. The van der Waals surface area contributed by atoms with Crippen molar-refractivity contribution in [1.82, 2.24) is 4.98 Å². The fraction of sp³-hybridized carbons (Fsp3) is 0.0833. The van der Waals surface area contributed by atoms with Crippen molar-refractivity contribution in [2.45, 2.75) is 16.8 Å². The van der Waals surface area contributed by atoms with Crippen molar-refractivity contribution in [3.63, 3.8) is 0 Å². The molecule has 88 valence electrons. The van der Waals surface area contributed by atoms with E-state index >= 15 is 0 Å². The van der Waals surface area contributed by atoms with Gasteiger partial charge >= 0.3 is 0 Å². The molecule has 17 heavy (non-hydrogen) atoms. The number of anilines is 1. The van der Waals surface area contributed by atoms with E-state index in [1.54, 1.807) is 12.3 Å². The van der Waals surface area contributed by atoms with E-state index in [0.29, 0.717) is 15.6 Å². The zero-order chi connectivity index (χ0) is 12.4. The maximum absolute atomic E-state index is 13.0. The molecule has 1 aromatic heterocycles. The van der Waals surface area contributed by atoms with Crippen molar-refractivity contribution in [2.24, 2.45) is 0 Å². The molecular formula is C12H10F2N2S. The minimum absolute atomic E-state index is 0.528. The van der Waals surface area contributed by atoms with Crippen molar-refractivity contribution < 1.29 is 8.78 Å². The summed E-state index contributed by atoms with van der Waals surface area (Å²) < 4.78 is 25.8. The van der Waals surface area contributed by atoms with Gasteiger partial charge in [-0.2, -0.15) is 0 Å². The van der Waals surface area contributed by atoms with Crippen LogP contribution in [0, 0.1) is 18.6 Å². The maximum atomic E-state index is 13.0. The van der Waals surface area contributed by atoms with Gasteiger partial charge in [-0.1, -0.05) is 11.8 Å². The van der Waals surface area contributed by atoms with E-state index < -0.39 is 11.6 Å². The Morgan fingerprint density at radius 1 is 1.18 bits per heavy atom. The van der Waals surface area contributed by atoms with Crippen LogP contribution in [0.2, 0.25) is 0 Å². The van der Waals surface area contributed by atoms with Crippen molar-refractivity contribution >= 4 is 17.4 Å². The molecule has 0 atom stereocenters. The first-order chi connectivity index (χ1) is 8.06. The Labute approximate surface area is 102 Å². The summed E-state index contributed by atoms with van der Waals surface area (Å²) in [7, 11) is 0. The number of benzene rings is 1. The van der Waals surface area contributed by atoms with E-state index in [4.69, 9.17) is 5.73 Å². The van der Waals surface area contributed by atoms with Gasteiger partial charge in [0.1, 0.15) is 5.03 Å². The first kappa shape index (κ1) is 11.9. The van der Waals surface area contributed by atoms with Crippen LogP contribution in [0.4, 0.5) is 14.5 Å². The minimum atomic E-state index is -0.874. The molecule has 2 aromatic rings. The van der Waals surface area contributed by atoms with Crippen LogP contribution in [0.25, 0.3) is 0 Å². The predicted molar refractivity (Wildman–Crippen MR) is 63.9 cm³/mol. The topological polar surface area (TPSA) is 38.9 Å². The SMILES string of the molecule is Cc1cnc(Sc2ccc(F)c(F)c2)c(N)c1. The summed E-state index contributed by atoms with van der Waals surface area (Å²) in [6.45, 7) is 1.88. The van der Waals surface area contributed by atoms with Gasteiger partial charge in [0.15, 0.2) is 11.6 Å². The number of nitrogen functional groups attached to an aromatic ring is 1. The number of aryl methyl sites for hydroxylation is 1. The number of hydrogen-bond donors (Lipinski definition) is 1. The molecular weight excluding hydrogens is 242 g/mol. The molecule has 0 aliphatic heterocycles. The number of nitrogens with zero attached hydrogens (tertiary/aromatic N) is 1. The van der Waals surface area contributed by atoms with Gasteiger partial charge in [-0.05, 0) is 36.8 Å². The van der Waals surface area contributed by atoms with Gasteiger partial charge in [-0.25, -0.2) is 13.8 Å². The summed E-state index contributed by atoms with van der Waals surface area (Å²) in [5, 5.41) is 0.585. The molecule has 0 radical (unpaired) electrons. The van der Waals surface area contributed by atoms with Gasteiger partial charge in [-0.3, -0.25) is 0 Å². The molecule has 0 aliphatic carbocycles.